The first-order valence-corrected chi connectivity index (χ1v) is 5.53. The lowest BCUT2D eigenvalue weighted by molar-refractivity contribution is 0.0993. The van der Waals surface area contributed by atoms with Crippen molar-refractivity contribution in [3.8, 4) is 0 Å². The van der Waals surface area contributed by atoms with Gasteiger partial charge in [-0.15, -0.1) is 0 Å². The van der Waals surface area contributed by atoms with Crippen LogP contribution in [-0.2, 0) is 11.2 Å². The highest BCUT2D eigenvalue weighted by molar-refractivity contribution is 5.97. The number of ketones is 1. The Labute approximate surface area is 96.8 Å². The molecule has 0 aliphatic heterocycles. The van der Waals surface area contributed by atoms with Gasteiger partial charge in [0.2, 0.25) is 0 Å². The van der Waals surface area contributed by atoms with E-state index in [4.69, 9.17) is 4.74 Å². The molecule has 0 saturated heterocycles. The highest BCUT2D eigenvalue weighted by atomic mass is 16.5. The Morgan fingerprint density at radius 1 is 1.31 bits per heavy atom. The average Bonchev–Trinajstić information content (AvgIpc) is 2.30. The molecule has 1 N–H and O–H groups in total. The second-order valence-electron chi connectivity index (χ2n) is 3.75. The SMILES string of the molecule is CNCC(=O)c1ccc(CCCOC)cc1. The highest BCUT2D eigenvalue weighted by Crippen LogP contribution is 2.07. The van der Waals surface area contributed by atoms with Gasteiger partial charge in [0.15, 0.2) is 5.78 Å². The van der Waals surface area contributed by atoms with Crippen LogP contribution in [0.25, 0.3) is 0 Å². The van der Waals surface area contributed by atoms with Crippen molar-refractivity contribution in [1.82, 2.24) is 5.32 Å². The molecule has 0 spiro atoms. The monoisotopic (exact) mass is 221 g/mol. The van der Waals surface area contributed by atoms with Crippen molar-refractivity contribution < 1.29 is 9.53 Å². The van der Waals surface area contributed by atoms with Crippen molar-refractivity contribution in [2.24, 2.45) is 0 Å². The maximum absolute atomic E-state index is 11.5. The number of carbonyl (C=O) groups excluding carboxylic acids is 1. The minimum absolute atomic E-state index is 0.131. The lowest BCUT2D eigenvalue weighted by atomic mass is 10.1. The summed E-state index contributed by atoms with van der Waals surface area (Å²) < 4.78 is 5.00. The minimum Gasteiger partial charge on any atom is -0.385 e. The van der Waals surface area contributed by atoms with Crippen LogP contribution in [0.15, 0.2) is 24.3 Å². The molecule has 0 aliphatic rings. The van der Waals surface area contributed by atoms with Crippen LogP contribution in [0.1, 0.15) is 22.3 Å². The van der Waals surface area contributed by atoms with Gasteiger partial charge >= 0.3 is 0 Å². The molecular weight excluding hydrogens is 202 g/mol. The van der Waals surface area contributed by atoms with Crippen LogP contribution in [-0.4, -0.2) is 33.1 Å². The van der Waals surface area contributed by atoms with Gasteiger partial charge < -0.3 is 10.1 Å². The molecule has 0 saturated carbocycles. The third-order valence-corrected chi connectivity index (χ3v) is 2.43. The van der Waals surface area contributed by atoms with Gasteiger partial charge in [-0.3, -0.25) is 4.79 Å². The number of Topliss-reactive ketones (excluding diaryl/α,β-unsaturated/α-hetero) is 1. The largest absolute Gasteiger partial charge is 0.385 e. The quantitative estimate of drug-likeness (QED) is 0.562. The molecule has 0 fully saturated rings. The van der Waals surface area contributed by atoms with Gasteiger partial charge in [-0.05, 0) is 25.5 Å². The fourth-order valence-electron chi connectivity index (χ4n) is 1.54. The normalized spacial score (nSPS) is 10.4. The summed E-state index contributed by atoms with van der Waals surface area (Å²) in [5.74, 6) is 0.131. The van der Waals surface area contributed by atoms with Crippen molar-refractivity contribution in [1.29, 1.82) is 0 Å². The fourth-order valence-corrected chi connectivity index (χ4v) is 1.54. The van der Waals surface area contributed by atoms with Gasteiger partial charge in [-0.25, -0.2) is 0 Å². The van der Waals surface area contributed by atoms with Crippen LogP contribution in [0.4, 0.5) is 0 Å². The summed E-state index contributed by atoms with van der Waals surface area (Å²) in [6.07, 6.45) is 2.01. The molecule has 0 atom stereocenters. The second-order valence-corrected chi connectivity index (χ2v) is 3.75. The summed E-state index contributed by atoms with van der Waals surface area (Å²) in [7, 11) is 3.48. The lowest BCUT2D eigenvalue weighted by Gasteiger charge is -2.03. The third kappa shape index (κ3) is 4.13. The molecule has 16 heavy (non-hydrogen) atoms. The molecular formula is C13H19NO2. The van der Waals surface area contributed by atoms with E-state index in [1.54, 1.807) is 14.2 Å². The third-order valence-electron chi connectivity index (χ3n) is 2.43. The summed E-state index contributed by atoms with van der Waals surface area (Å²) >= 11 is 0. The van der Waals surface area contributed by atoms with Crippen LogP contribution >= 0.6 is 0 Å². The lowest BCUT2D eigenvalue weighted by Crippen LogP contribution is -2.18. The number of ether oxygens (including phenoxy) is 1. The first-order valence-electron chi connectivity index (χ1n) is 5.53. The zero-order valence-electron chi connectivity index (χ0n) is 9.95. The molecule has 0 aliphatic carbocycles. The molecule has 0 radical (unpaired) electrons. The summed E-state index contributed by atoms with van der Waals surface area (Å²) in [4.78, 5) is 11.5. The molecule has 3 heteroatoms. The summed E-state index contributed by atoms with van der Waals surface area (Å²) in [6, 6.07) is 7.81. The van der Waals surface area contributed by atoms with Crippen molar-refractivity contribution in [2.75, 3.05) is 27.3 Å². The maximum Gasteiger partial charge on any atom is 0.176 e. The molecule has 1 rings (SSSR count). The van der Waals surface area contributed by atoms with E-state index < -0.39 is 0 Å². The van der Waals surface area contributed by atoms with E-state index in [9.17, 15) is 4.79 Å². The number of methoxy groups -OCH3 is 1. The summed E-state index contributed by atoms with van der Waals surface area (Å²) in [5, 5.41) is 2.86. The predicted molar refractivity (Wildman–Crippen MR) is 64.9 cm³/mol. The number of nitrogens with one attached hydrogen (secondary N) is 1. The van der Waals surface area contributed by atoms with Gasteiger partial charge in [-0.2, -0.15) is 0 Å². The number of hydrogen-bond acceptors (Lipinski definition) is 3. The van der Waals surface area contributed by atoms with E-state index in [1.807, 2.05) is 24.3 Å². The summed E-state index contributed by atoms with van der Waals surface area (Å²) in [5.41, 5.74) is 2.02. The highest BCUT2D eigenvalue weighted by Gasteiger charge is 2.03. The topological polar surface area (TPSA) is 38.3 Å². The summed E-state index contributed by atoms with van der Waals surface area (Å²) in [6.45, 7) is 1.17. The molecule has 0 heterocycles. The Hall–Kier alpha value is -1.19. The Bertz CT molecular complexity index is 319. The predicted octanol–water partition coefficient (Wildman–Crippen LogP) is 1.67. The zero-order chi connectivity index (χ0) is 11.8. The van der Waals surface area contributed by atoms with Gasteiger partial charge in [0.05, 0.1) is 6.54 Å². The molecule has 0 amide bonds. The minimum atomic E-state index is 0.131. The molecule has 0 bridgehead atoms. The molecule has 0 aromatic heterocycles. The fraction of sp³-hybridized carbons (Fsp3) is 0.462. The first-order chi connectivity index (χ1) is 7.77. The van der Waals surface area contributed by atoms with Crippen LogP contribution in [0.3, 0.4) is 0 Å². The second kappa shape index (κ2) is 7.14. The van der Waals surface area contributed by atoms with Crippen LogP contribution in [0.5, 0.6) is 0 Å². The molecule has 1 aromatic rings. The Morgan fingerprint density at radius 2 is 2.00 bits per heavy atom. The Kier molecular flexibility index (Phi) is 5.75. The number of likely N-dealkylation sites (N-methyl/N-ethyl adjacent to an activating group) is 1. The smallest absolute Gasteiger partial charge is 0.176 e. The number of rotatable bonds is 7. The molecule has 88 valence electrons. The Morgan fingerprint density at radius 3 is 2.56 bits per heavy atom. The van der Waals surface area contributed by atoms with Crippen LogP contribution in [0.2, 0.25) is 0 Å². The standard InChI is InChI=1S/C13H19NO2/c1-14-10-13(15)12-7-5-11(6-8-12)4-3-9-16-2/h5-8,14H,3-4,9-10H2,1-2H3. The average molecular weight is 221 g/mol. The van der Waals surface area contributed by atoms with E-state index in [1.165, 1.54) is 5.56 Å². The number of carbonyl (C=O) groups is 1. The van der Waals surface area contributed by atoms with Gasteiger partial charge in [-0.1, -0.05) is 24.3 Å². The number of benzene rings is 1. The maximum atomic E-state index is 11.5. The van der Waals surface area contributed by atoms with Crippen molar-refractivity contribution in [2.45, 2.75) is 12.8 Å². The molecule has 1 aromatic carbocycles. The van der Waals surface area contributed by atoms with E-state index in [-0.39, 0.29) is 5.78 Å². The van der Waals surface area contributed by atoms with Gasteiger partial charge in [0.25, 0.3) is 0 Å². The first kappa shape index (κ1) is 12.9. The van der Waals surface area contributed by atoms with Crippen LogP contribution < -0.4 is 5.32 Å². The van der Waals surface area contributed by atoms with Crippen molar-refractivity contribution in [3.05, 3.63) is 35.4 Å². The number of aryl methyl sites for hydroxylation is 1. The Balaban J connectivity index is 2.50. The van der Waals surface area contributed by atoms with E-state index in [0.717, 1.165) is 25.0 Å². The van der Waals surface area contributed by atoms with E-state index >= 15 is 0 Å². The van der Waals surface area contributed by atoms with Crippen LogP contribution in [0, 0.1) is 0 Å². The van der Waals surface area contributed by atoms with E-state index in [2.05, 4.69) is 5.32 Å². The van der Waals surface area contributed by atoms with Gasteiger partial charge in [0, 0.05) is 19.3 Å². The van der Waals surface area contributed by atoms with Gasteiger partial charge in [0.1, 0.15) is 0 Å². The molecule has 0 unspecified atom stereocenters. The zero-order valence-corrected chi connectivity index (χ0v) is 9.95. The number of hydrogen-bond donors (Lipinski definition) is 1. The van der Waals surface area contributed by atoms with E-state index in [0.29, 0.717) is 6.54 Å². The van der Waals surface area contributed by atoms with Crippen molar-refractivity contribution in [3.63, 3.8) is 0 Å². The van der Waals surface area contributed by atoms with Crippen molar-refractivity contribution >= 4 is 5.78 Å². The molecule has 3 nitrogen and oxygen atoms in total.